The van der Waals surface area contributed by atoms with Crippen LogP contribution in [-0.2, 0) is 19.1 Å². The summed E-state index contributed by atoms with van der Waals surface area (Å²) in [6, 6.07) is 6.90. The molecule has 0 N–H and O–H groups in total. The van der Waals surface area contributed by atoms with Crippen molar-refractivity contribution in [3.63, 3.8) is 0 Å². The van der Waals surface area contributed by atoms with Crippen LogP contribution in [0.1, 0.15) is 64.5 Å². The lowest BCUT2D eigenvalue weighted by Gasteiger charge is -2.49. The molecule has 3 rings (SSSR count). The van der Waals surface area contributed by atoms with E-state index in [1.165, 1.54) is 6.92 Å². The number of carbonyl (C=O) groups excluding carboxylic acids is 3. The van der Waals surface area contributed by atoms with E-state index < -0.39 is 28.9 Å². The van der Waals surface area contributed by atoms with Crippen LogP contribution in [0.3, 0.4) is 0 Å². The van der Waals surface area contributed by atoms with Gasteiger partial charge in [0.1, 0.15) is 17.3 Å². The van der Waals surface area contributed by atoms with Gasteiger partial charge in [0.05, 0.1) is 5.41 Å². The first-order chi connectivity index (χ1) is 11.8. The van der Waals surface area contributed by atoms with Crippen LogP contribution in [-0.4, -0.2) is 17.7 Å². The minimum absolute atomic E-state index is 0.00925. The quantitative estimate of drug-likeness (QED) is 0.464. The Morgan fingerprint density at radius 1 is 1.08 bits per heavy atom. The molecule has 0 amide bonds. The predicted molar refractivity (Wildman–Crippen MR) is 90.9 cm³/mol. The third kappa shape index (κ3) is 2.96. The SMILES string of the molecule is CC(=O)Oc1ccc([C@H]2OC(=O)C(C)(C)C(=O)C23CCCCC3)cc1. The molecule has 2 fully saturated rings. The molecule has 1 saturated carbocycles. The molecular weight excluding hydrogens is 320 g/mol. The van der Waals surface area contributed by atoms with Gasteiger partial charge in [0, 0.05) is 6.92 Å². The van der Waals surface area contributed by atoms with Gasteiger partial charge in [-0.15, -0.1) is 0 Å². The number of hydrogen-bond acceptors (Lipinski definition) is 5. The third-order valence-corrected chi connectivity index (χ3v) is 5.45. The smallest absolute Gasteiger partial charge is 0.319 e. The van der Waals surface area contributed by atoms with E-state index in [1.54, 1.807) is 38.1 Å². The Morgan fingerprint density at radius 2 is 1.68 bits per heavy atom. The van der Waals surface area contributed by atoms with Gasteiger partial charge in [-0.3, -0.25) is 14.4 Å². The van der Waals surface area contributed by atoms with Crippen molar-refractivity contribution in [1.29, 1.82) is 0 Å². The van der Waals surface area contributed by atoms with Crippen LogP contribution < -0.4 is 4.74 Å². The largest absolute Gasteiger partial charge is 0.456 e. The van der Waals surface area contributed by atoms with Crippen molar-refractivity contribution in [2.75, 3.05) is 0 Å². The first-order valence-electron chi connectivity index (χ1n) is 8.82. The summed E-state index contributed by atoms with van der Waals surface area (Å²) in [4.78, 5) is 36.8. The fourth-order valence-electron chi connectivity index (χ4n) is 4.14. The van der Waals surface area contributed by atoms with Gasteiger partial charge < -0.3 is 9.47 Å². The zero-order valence-corrected chi connectivity index (χ0v) is 15.0. The number of benzene rings is 1. The molecule has 0 radical (unpaired) electrons. The second kappa shape index (κ2) is 6.28. The van der Waals surface area contributed by atoms with E-state index in [1.807, 2.05) is 0 Å². The van der Waals surface area contributed by atoms with Crippen LogP contribution in [0.4, 0.5) is 0 Å². The lowest BCUT2D eigenvalue weighted by Crippen LogP contribution is -2.55. The molecule has 134 valence electrons. The average Bonchev–Trinajstić information content (AvgIpc) is 2.58. The Bertz CT molecular complexity index is 695. The molecule has 5 nitrogen and oxygen atoms in total. The summed E-state index contributed by atoms with van der Waals surface area (Å²) >= 11 is 0. The van der Waals surface area contributed by atoms with Gasteiger partial charge in [0.2, 0.25) is 0 Å². The zero-order chi connectivity index (χ0) is 18.2. The summed E-state index contributed by atoms with van der Waals surface area (Å²) in [5.74, 6) is -0.437. The average molecular weight is 344 g/mol. The van der Waals surface area contributed by atoms with Crippen molar-refractivity contribution in [3.8, 4) is 5.75 Å². The number of rotatable bonds is 2. The maximum atomic E-state index is 13.3. The molecule has 1 heterocycles. The summed E-state index contributed by atoms with van der Waals surface area (Å²) in [7, 11) is 0. The fourth-order valence-corrected chi connectivity index (χ4v) is 4.14. The molecule has 0 aromatic heterocycles. The minimum Gasteiger partial charge on any atom is -0.456 e. The number of hydrogen-bond donors (Lipinski definition) is 0. The van der Waals surface area contributed by atoms with Crippen LogP contribution in [0.25, 0.3) is 0 Å². The summed E-state index contributed by atoms with van der Waals surface area (Å²) in [6.45, 7) is 4.66. The summed E-state index contributed by atoms with van der Waals surface area (Å²) in [6.07, 6.45) is 3.91. The predicted octanol–water partition coefficient (Wildman–Crippen LogP) is 3.76. The molecule has 1 aromatic rings. The van der Waals surface area contributed by atoms with Crippen molar-refractivity contribution in [1.82, 2.24) is 0 Å². The highest BCUT2D eigenvalue weighted by atomic mass is 16.6. The van der Waals surface area contributed by atoms with Crippen molar-refractivity contribution in [2.45, 2.75) is 59.0 Å². The van der Waals surface area contributed by atoms with Gasteiger partial charge in [-0.2, -0.15) is 0 Å². The molecule has 1 aromatic carbocycles. The third-order valence-electron chi connectivity index (χ3n) is 5.45. The summed E-state index contributed by atoms with van der Waals surface area (Å²) in [5.41, 5.74) is -0.987. The number of carbonyl (C=O) groups is 3. The molecule has 1 aliphatic heterocycles. The van der Waals surface area contributed by atoms with Crippen molar-refractivity contribution >= 4 is 17.7 Å². The highest BCUT2D eigenvalue weighted by Crippen LogP contribution is 2.55. The number of ether oxygens (including phenoxy) is 2. The van der Waals surface area contributed by atoms with Gasteiger partial charge in [-0.05, 0) is 44.4 Å². The number of cyclic esters (lactones) is 1. The van der Waals surface area contributed by atoms with Crippen LogP contribution in [0.5, 0.6) is 5.75 Å². The maximum Gasteiger partial charge on any atom is 0.319 e. The Morgan fingerprint density at radius 3 is 2.24 bits per heavy atom. The summed E-state index contributed by atoms with van der Waals surface area (Å²) in [5, 5.41) is 0. The van der Waals surface area contributed by atoms with Crippen LogP contribution in [0.15, 0.2) is 24.3 Å². The van der Waals surface area contributed by atoms with E-state index in [4.69, 9.17) is 9.47 Å². The van der Waals surface area contributed by atoms with Gasteiger partial charge in [0.15, 0.2) is 5.78 Å². The molecular formula is C20H24O5. The van der Waals surface area contributed by atoms with E-state index in [0.717, 1.165) is 37.7 Å². The Labute approximate surface area is 147 Å². The minimum atomic E-state index is -1.11. The summed E-state index contributed by atoms with van der Waals surface area (Å²) < 4.78 is 10.9. The van der Waals surface area contributed by atoms with E-state index in [9.17, 15) is 14.4 Å². The molecule has 1 saturated heterocycles. The first kappa shape index (κ1) is 17.6. The standard InChI is InChI=1S/C20H24O5/c1-13(21)24-15-9-7-14(8-10-15)16-20(11-5-4-6-12-20)17(22)19(2,3)18(23)25-16/h7-10,16H,4-6,11-12H2,1-3H3/t16-/m1/s1. The molecule has 1 aliphatic carbocycles. The lowest BCUT2D eigenvalue weighted by atomic mass is 9.59. The van der Waals surface area contributed by atoms with Gasteiger partial charge >= 0.3 is 11.9 Å². The maximum absolute atomic E-state index is 13.3. The van der Waals surface area contributed by atoms with Crippen LogP contribution >= 0.6 is 0 Å². The van der Waals surface area contributed by atoms with E-state index in [0.29, 0.717) is 5.75 Å². The second-order valence-electron chi connectivity index (χ2n) is 7.62. The van der Waals surface area contributed by atoms with Crippen molar-refractivity contribution in [3.05, 3.63) is 29.8 Å². The van der Waals surface area contributed by atoms with Gasteiger partial charge in [-0.25, -0.2) is 0 Å². The molecule has 5 heteroatoms. The molecule has 25 heavy (non-hydrogen) atoms. The molecule has 0 unspecified atom stereocenters. The van der Waals surface area contributed by atoms with E-state index in [2.05, 4.69) is 0 Å². The normalized spacial score (nSPS) is 24.7. The molecule has 1 atom stereocenters. The zero-order valence-electron chi connectivity index (χ0n) is 15.0. The molecule has 1 spiro atoms. The van der Waals surface area contributed by atoms with E-state index >= 15 is 0 Å². The monoisotopic (exact) mass is 344 g/mol. The number of Topliss-reactive ketones (excluding diaryl/α,β-unsaturated/α-hetero) is 1. The number of ketones is 1. The number of esters is 2. The Balaban J connectivity index is 1.98. The van der Waals surface area contributed by atoms with Crippen LogP contribution in [0.2, 0.25) is 0 Å². The fraction of sp³-hybridized carbons (Fsp3) is 0.550. The van der Waals surface area contributed by atoms with Gasteiger partial charge in [0.25, 0.3) is 0 Å². The topological polar surface area (TPSA) is 69.7 Å². The van der Waals surface area contributed by atoms with Gasteiger partial charge in [-0.1, -0.05) is 31.4 Å². The molecule has 0 bridgehead atoms. The van der Waals surface area contributed by atoms with Crippen LogP contribution in [0, 0.1) is 10.8 Å². The lowest BCUT2D eigenvalue weighted by molar-refractivity contribution is -0.192. The Hall–Kier alpha value is -2.17. The Kier molecular flexibility index (Phi) is 4.43. The van der Waals surface area contributed by atoms with E-state index in [-0.39, 0.29) is 5.78 Å². The second-order valence-corrected chi connectivity index (χ2v) is 7.62. The molecule has 2 aliphatic rings. The van der Waals surface area contributed by atoms with Crippen molar-refractivity contribution < 1.29 is 23.9 Å². The highest BCUT2D eigenvalue weighted by Gasteiger charge is 2.60. The van der Waals surface area contributed by atoms with Crippen molar-refractivity contribution in [2.24, 2.45) is 10.8 Å². The first-order valence-corrected chi connectivity index (χ1v) is 8.82. The highest BCUT2D eigenvalue weighted by molar-refractivity contribution is 6.08.